The first-order chi connectivity index (χ1) is 10.1. The molecule has 0 heterocycles. The molecule has 2 rings (SSSR count). The van der Waals surface area contributed by atoms with Gasteiger partial charge in [0.15, 0.2) is 0 Å². The summed E-state index contributed by atoms with van der Waals surface area (Å²) >= 11 is 0. The summed E-state index contributed by atoms with van der Waals surface area (Å²) in [6.45, 7) is 5.13. The Hall–Kier alpha value is -1.51. The minimum absolute atomic E-state index is 0.0389. The van der Waals surface area contributed by atoms with E-state index in [4.69, 9.17) is 0 Å². The Bertz CT molecular complexity index is 476. The van der Waals surface area contributed by atoms with Gasteiger partial charge < -0.3 is 10.6 Å². The number of hydrogen-bond donors (Lipinski definition) is 2. The molecular weight excluding hydrogens is 260 g/mol. The summed E-state index contributed by atoms with van der Waals surface area (Å²) < 4.78 is 0. The molecule has 21 heavy (non-hydrogen) atoms. The SMILES string of the molecule is CCC1CCC(CNC(=O)c2ccc(C)cc2NC)CC1. The molecule has 0 aliphatic heterocycles. The van der Waals surface area contributed by atoms with Crippen LogP contribution in [0.15, 0.2) is 18.2 Å². The van der Waals surface area contributed by atoms with E-state index in [-0.39, 0.29) is 5.91 Å². The number of carbonyl (C=O) groups excluding carboxylic acids is 1. The summed E-state index contributed by atoms with van der Waals surface area (Å²) in [5.41, 5.74) is 2.81. The number of carbonyl (C=O) groups is 1. The second-order valence-corrected chi connectivity index (χ2v) is 6.30. The Balaban J connectivity index is 1.88. The zero-order valence-electron chi connectivity index (χ0n) is 13.5. The highest BCUT2D eigenvalue weighted by Gasteiger charge is 2.20. The van der Waals surface area contributed by atoms with Crippen LogP contribution in [0.3, 0.4) is 0 Å². The maximum atomic E-state index is 12.3. The quantitative estimate of drug-likeness (QED) is 0.860. The molecule has 1 aromatic rings. The summed E-state index contributed by atoms with van der Waals surface area (Å²) in [6, 6.07) is 5.91. The van der Waals surface area contributed by atoms with E-state index in [0.29, 0.717) is 5.92 Å². The zero-order chi connectivity index (χ0) is 15.2. The van der Waals surface area contributed by atoms with E-state index in [1.165, 1.54) is 32.1 Å². The van der Waals surface area contributed by atoms with E-state index in [0.717, 1.165) is 29.3 Å². The van der Waals surface area contributed by atoms with Gasteiger partial charge in [-0.1, -0.05) is 32.3 Å². The molecule has 0 spiro atoms. The van der Waals surface area contributed by atoms with Crippen LogP contribution < -0.4 is 10.6 Å². The van der Waals surface area contributed by atoms with Gasteiger partial charge in [-0.2, -0.15) is 0 Å². The molecule has 1 aromatic carbocycles. The smallest absolute Gasteiger partial charge is 0.253 e. The normalized spacial score (nSPS) is 21.9. The summed E-state index contributed by atoms with van der Waals surface area (Å²) in [5.74, 6) is 1.60. The van der Waals surface area contributed by atoms with Crippen molar-refractivity contribution >= 4 is 11.6 Å². The molecule has 0 atom stereocenters. The topological polar surface area (TPSA) is 41.1 Å². The van der Waals surface area contributed by atoms with Gasteiger partial charge in [0, 0.05) is 19.3 Å². The highest BCUT2D eigenvalue weighted by molar-refractivity contribution is 5.99. The van der Waals surface area contributed by atoms with Crippen molar-refractivity contribution in [2.24, 2.45) is 11.8 Å². The molecule has 116 valence electrons. The fraction of sp³-hybridized carbons (Fsp3) is 0.611. The van der Waals surface area contributed by atoms with Crippen LogP contribution in [-0.2, 0) is 0 Å². The van der Waals surface area contributed by atoms with Crippen molar-refractivity contribution < 1.29 is 4.79 Å². The molecule has 1 aliphatic carbocycles. The number of hydrogen-bond acceptors (Lipinski definition) is 2. The molecule has 1 aliphatic rings. The van der Waals surface area contributed by atoms with Gasteiger partial charge in [-0.3, -0.25) is 4.79 Å². The fourth-order valence-electron chi connectivity index (χ4n) is 3.24. The Kier molecular flexibility index (Phi) is 5.66. The van der Waals surface area contributed by atoms with Gasteiger partial charge in [0.2, 0.25) is 0 Å². The van der Waals surface area contributed by atoms with Gasteiger partial charge in [-0.25, -0.2) is 0 Å². The molecule has 3 heteroatoms. The number of rotatable bonds is 5. The van der Waals surface area contributed by atoms with E-state index in [2.05, 4.69) is 17.6 Å². The van der Waals surface area contributed by atoms with Gasteiger partial charge in [-0.05, 0) is 49.3 Å². The second-order valence-electron chi connectivity index (χ2n) is 6.30. The minimum Gasteiger partial charge on any atom is -0.387 e. The van der Waals surface area contributed by atoms with Crippen molar-refractivity contribution in [2.75, 3.05) is 18.9 Å². The highest BCUT2D eigenvalue weighted by Crippen LogP contribution is 2.30. The van der Waals surface area contributed by atoms with Crippen LogP contribution in [0.2, 0.25) is 0 Å². The van der Waals surface area contributed by atoms with E-state index >= 15 is 0 Å². The third-order valence-electron chi connectivity index (χ3n) is 4.78. The lowest BCUT2D eigenvalue weighted by Gasteiger charge is -2.27. The van der Waals surface area contributed by atoms with Gasteiger partial charge in [0.1, 0.15) is 0 Å². The standard InChI is InChI=1S/C18H28N2O/c1-4-14-6-8-15(9-7-14)12-20-18(21)16-10-5-13(2)11-17(16)19-3/h5,10-11,14-15,19H,4,6-9,12H2,1-3H3,(H,20,21). The van der Waals surface area contributed by atoms with Crippen molar-refractivity contribution in [2.45, 2.75) is 46.0 Å². The van der Waals surface area contributed by atoms with Crippen LogP contribution in [0.1, 0.15) is 54.9 Å². The predicted molar refractivity (Wildman–Crippen MR) is 88.8 cm³/mol. The lowest BCUT2D eigenvalue weighted by atomic mass is 9.81. The number of anilines is 1. The predicted octanol–water partition coefficient (Wildman–Crippen LogP) is 3.98. The number of aryl methyl sites for hydroxylation is 1. The molecule has 0 unspecified atom stereocenters. The first-order valence-electron chi connectivity index (χ1n) is 8.20. The lowest BCUT2D eigenvalue weighted by Crippen LogP contribution is -2.31. The summed E-state index contributed by atoms with van der Waals surface area (Å²) in [6.07, 6.45) is 6.46. The molecule has 0 aromatic heterocycles. The maximum absolute atomic E-state index is 12.3. The first kappa shape index (κ1) is 15.9. The second kappa shape index (κ2) is 7.48. The van der Waals surface area contributed by atoms with Crippen LogP contribution in [-0.4, -0.2) is 19.5 Å². The molecule has 0 radical (unpaired) electrons. The van der Waals surface area contributed by atoms with Gasteiger partial charge in [0.25, 0.3) is 5.91 Å². The Morgan fingerprint density at radius 1 is 1.19 bits per heavy atom. The first-order valence-corrected chi connectivity index (χ1v) is 8.20. The van der Waals surface area contributed by atoms with Crippen molar-refractivity contribution in [3.8, 4) is 0 Å². The molecule has 0 bridgehead atoms. The lowest BCUT2D eigenvalue weighted by molar-refractivity contribution is 0.0942. The fourth-order valence-corrected chi connectivity index (χ4v) is 3.24. The third kappa shape index (κ3) is 4.23. The van der Waals surface area contributed by atoms with E-state index in [1.54, 1.807) is 0 Å². The number of benzene rings is 1. The van der Waals surface area contributed by atoms with Gasteiger partial charge in [-0.15, -0.1) is 0 Å². The van der Waals surface area contributed by atoms with E-state index in [9.17, 15) is 4.79 Å². The van der Waals surface area contributed by atoms with Crippen LogP contribution >= 0.6 is 0 Å². The summed E-state index contributed by atoms with van der Waals surface area (Å²) in [4.78, 5) is 12.3. The van der Waals surface area contributed by atoms with Gasteiger partial charge >= 0.3 is 0 Å². The van der Waals surface area contributed by atoms with Crippen LogP contribution in [0.25, 0.3) is 0 Å². The van der Waals surface area contributed by atoms with E-state index < -0.39 is 0 Å². The third-order valence-corrected chi connectivity index (χ3v) is 4.78. The molecule has 1 fully saturated rings. The van der Waals surface area contributed by atoms with Crippen molar-refractivity contribution in [3.63, 3.8) is 0 Å². The van der Waals surface area contributed by atoms with Crippen molar-refractivity contribution in [3.05, 3.63) is 29.3 Å². The molecule has 0 saturated heterocycles. The Morgan fingerprint density at radius 2 is 1.86 bits per heavy atom. The van der Waals surface area contributed by atoms with E-state index in [1.807, 2.05) is 32.2 Å². The van der Waals surface area contributed by atoms with Crippen LogP contribution in [0, 0.1) is 18.8 Å². The van der Waals surface area contributed by atoms with Crippen molar-refractivity contribution in [1.82, 2.24) is 5.32 Å². The monoisotopic (exact) mass is 288 g/mol. The summed E-state index contributed by atoms with van der Waals surface area (Å²) in [5, 5.41) is 6.22. The van der Waals surface area contributed by atoms with Crippen LogP contribution in [0.4, 0.5) is 5.69 Å². The number of nitrogens with one attached hydrogen (secondary N) is 2. The maximum Gasteiger partial charge on any atom is 0.253 e. The Morgan fingerprint density at radius 3 is 2.48 bits per heavy atom. The molecule has 1 saturated carbocycles. The molecule has 1 amide bonds. The largest absolute Gasteiger partial charge is 0.387 e. The van der Waals surface area contributed by atoms with Crippen molar-refractivity contribution in [1.29, 1.82) is 0 Å². The highest BCUT2D eigenvalue weighted by atomic mass is 16.1. The molecular formula is C18H28N2O. The summed E-state index contributed by atoms with van der Waals surface area (Å²) in [7, 11) is 1.86. The number of amides is 1. The average Bonchev–Trinajstić information content (AvgIpc) is 2.52. The molecule has 3 nitrogen and oxygen atoms in total. The zero-order valence-corrected chi connectivity index (χ0v) is 13.5. The minimum atomic E-state index is 0.0389. The Labute approximate surface area is 128 Å². The van der Waals surface area contributed by atoms with Crippen LogP contribution in [0.5, 0.6) is 0 Å². The molecule has 2 N–H and O–H groups in total. The average molecular weight is 288 g/mol. The van der Waals surface area contributed by atoms with Gasteiger partial charge in [0.05, 0.1) is 5.56 Å².